The molecule has 27 heavy (non-hydrogen) atoms. The zero-order valence-corrected chi connectivity index (χ0v) is 18.2. The second kappa shape index (κ2) is 8.71. The molecule has 0 radical (unpaired) electrons. The lowest BCUT2D eigenvalue weighted by molar-refractivity contribution is -0.0646. The van der Waals surface area contributed by atoms with Gasteiger partial charge in [0.05, 0.1) is 17.1 Å². The van der Waals surface area contributed by atoms with E-state index in [1.807, 2.05) is 0 Å². The highest BCUT2D eigenvalue weighted by Crippen LogP contribution is 2.52. The predicted molar refractivity (Wildman–Crippen MR) is 111 cm³/mol. The van der Waals surface area contributed by atoms with E-state index in [-0.39, 0.29) is 28.9 Å². The van der Waals surface area contributed by atoms with Gasteiger partial charge in [-0.05, 0) is 49.9 Å². The van der Waals surface area contributed by atoms with E-state index in [9.17, 15) is 13.5 Å². The zero-order chi connectivity index (χ0) is 19.7. The third kappa shape index (κ3) is 4.25. The monoisotopic (exact) mass is 399 g/mol. The van der Waals surface area contributed by atoms with E-state index in [0.29, 0.717) is 12.3 Å². The summed E-state index contributed by atoms with van der Waals surface area (Å²) in [7, 11) is -3.21. The van der Waals surface area contributed by atoms with Gasteiger partial charge in [0.1, 0.15) is 0 Å². The van der Waals surface area contributed by atoms with Crippen LogP contribution in [0.3, 0.4) is 0 Å². The van der Waals surface area contributed by atoms with Gasteiger partial charge in [-0.3, -0.25) is 0 Å². The summed E-state index contributed by atoms with van der Waals surface area (Å²) >= 11 is 0. The number of nitrogens with two attached hydrogens (primary N) is 1. The number of fused-ring (bicyclic) bond motifs is 1. The quantitative estimate of drug-likeness (QED) is 0.731. The molecule has 0 aromatic rings. The molecule has 4 nitrogen and oxygen atoms in total. The summed E-state index contributed by atoms with van der Waals surface area (Å²) in [5.41, 5.74) is 5.85. The molecule has 0 amide bonds. The average molecular weight is 400 g/mol. The van der Waals surface area contributed by atoms with Crippen molar-refractivity contribution in [3.8, 4) is 0 Å². The van der Waals surface area contributed by atoms with Crippen molar-refractivity contribution < 1.29 is 13.5 Å². The smallest absolute Gasteiger partial charge is 0.154 e. The van der Waals surface area contributed by atoms with Crippen LogP contribution in [0.1, 0.15) is 90.9 Å². The van der Waals surface area contributed by atoms with Gasteiger partial charge in [0.25, 0.3) is 0 Å². The number of hydrogen-bond donors (Lipinski definition) is 2. The van der Waals surface area contributed by atoms with E-state index in [0.717, 1.165) is 51.4 Å². The summed E-state index contributed by atoms with van der Waals surface area (Å²) in [6.45, 7) is 4.24. The minimum absolute atomic E-state index is 0.0481. The first-order valence-corrected chi connectivity index (χ1v) is 13.2. The van der Waals surface area contributed by atoms with Crippen molar-refractivity contribution in [1.82, 2.24) is 0 Å². The molecule has 4 unspecified atom stereocenters. The van der Waals surface area contributed by atoms with Crippen LogP contribution in [0, 0.1) is 23.2 Å². The molecule has 0 aromatic carbocycles. The zero-order valence-electron chi connectivity index (χ0n) is 17.4. The van der Waals surface area contributed by atoms with Gasteiger partial charge < -0.3 is 10.8 Å². The highest BCUT2D eigenvalue weighted by atomic mass is 32.2. The van der Waals surface area contributed by atoms with Gasteiger partial charge in [0.15, 0.2) is 9.84 Å². The fourth-order valence-corrected chi connectivity index (χ4v) is 9.52. The topological polar surface area (TPSA) is 80.4 Å². The van der Waals surface area contributed by atoms with Crippen LogP contribution in [0.25, 0.3) is 0 Å². The highest BCUT2D eigenvalue weighted by molar-refractivity contribution is 7.92. The number of hydrogen-bond acceptors (Lipinski definition) is 4. The molecule has 6 atom stereocenters. The molecule has 5 heteroatoms. The molecule has 1 heterocycles. The molecule has 2 saturated carbocycles. The molecule has 1 aliphatic heterocycles. The Morgan fingerprint density at radius 2 is 1.78 bits per heavy atom. The Kier molecular flexibility index (Phi) is 6.96. The molecule has 0 aromatic heterocycles. The van der Waals surface area contributed by atoms with Crippen molar-refractivity contribution in [2.24, 2.45) is 28.9 Å². The molecule has 3 fully saturated rings. The molecule has 2 aliphatic carbocycles. The minimum atomic E-state index is -3.21. The highest BCUT2D eigenvalue weighted by Gasteiger charge is 2.56. The maximum absolute atomic E-state index is 13.5. The third-order valence-electron chi connectivity index (χ3n) is 8.24. The van der Waals surface area contributed by atoms with Crippen molar-refractivity contribution in [3.05, 3.63) is 0 Å². The van der Waals surface area contributed by atoms with E-state index < -0.39 is 21.4 Å². The number of sulfone groups is 1. The maximum atomic E-state index is 13.5. The SMILES string of the molecule is CCCC[C@]1(CC)CS(=O)(=O)C2CCC(N)CC2[C@H](C2CCCCC2)C1O. The Bertz CT molecular complexity index is 586. The van der Waals surface area contributed by atoms with Crippen LogP contribution >= 0.6 is 0 Å². The molecular formula is C22H41NO3S. The van der Waals surface area contributed by atoms with Gasteiger partial charge in [0.2, 0.25) is 0 Å². The summed E-state index contributed by atoms with van der Waals surface area (Å²) in [4.78, 5) is 0. The van der Waals surface area contributed by atoms with Crippen molar-refractivity contribution >= 4 is 9.84 Å². The van der Waals surface area contributed by atoms with E-state index >= 15 is 0 Å². The Labute approximate surface area is 166 Å². The van der Waals surface area contributed by atoms with Crippen LogP contribution < -0.4 is 5.73 Å². The lowest BCUT2D eigenvalue weighted by atomic mass is 9.60. The van der Waals surface area contributed by atoms with Crippen LogP contribution in [-0.4, -0.2) is 36.7 Å². The predicted octanol–water partition coefficient (Wildman–Crippen LogP) is 4.05. The third-order valence-corrected chi connectivity index (χ3v) is 10.7. The standard InChI is InChI=1S/C22H41NO3S/c1-3-5-13-22(4-2)15-27(25,26)19-12-11-17(23)14-18(19)20(21(22)24)16-9-7-6-8-10-16/h16-21,24H,3-15,23H2,1-2H3/t17?,18?,19?,20-,21?,22+/m0/s1. The van der Waals surface area contributed by atoms with Gasteiger partial charge in [-0.1, -0.05) is 58.8 Å². The van der Waals surface area contributed by atoms with Crippen LogP contribution in [0.5, 0.6) is 0 Å². The normalized spacial score (nSPS) is 43.0. The fraction of sp³-hybridized carbons (Fsp3) is 1.00. The summed E-state index contributed by atoms with van der Waals surface area (Å²) in [5.74, 6) is 0.798. The summed E-state index contributed by atoms with van der Waals surface area (Å²) in [6.07, 6.45) is 11.4. The molecule has 0 bridgehead atoms. The molecule has 3 N–H and O–H groups in total. The molecule has 158 valence electrons. The van der Waals surface area contributed by atoms with Crippen molar-refractivity contribution in [2.45, 2.75) is 108 Å². The molecule has 0 spiro atoms. The van der Waals surface area contributed by atoms with Crippen LogP contribution in [-0.2, 0) is 9.84 Å². The fourth-order valence-electron chi connectivity index (χ4n) is 6.66. The summed E-state index contributed by atoms with van der Waals surface area (Å²) in [6, 6.07) is 0.0875. The van der Waals surface area contributed by atoms with E-state index in [1.54, 1.807) is 0 Å². The summed E-state index contributed by atoms with van der Waals surface area (Å²) < 4.78 is 27.0. The lowest BCUT2D eigenvalue weighted by Gasteiger charge is -2.46. The van der Waals surface area contributed by atoms with Crippen LogP contribution in [0.2, 0.25) is 0 Å². The number of aliphatic hydroxyl groups is 1. The first kappa shape index (κ1) is 21.6. The van der Waals surface area contributed by atoms with Crippen molar-refractivity contribution in [3.63, 3.8) is 0 Å². The van der Waals surface area contributed by atoms with Crippen LogP contribution in [0.4, 0.5) is 0 Å². The molecule has 1 saturated heterocycles. The lowest BCUT2D eigenvalue weighted by Crippen LogP contribution is -2.49. The van der Waals surface area contributed by atoms with Gasteiger partial charge >= 0.3 is 0 Å². The van der Waals surface area contributed by atoms with Gasteiger partial charge in [-0.25, -0.2) is 8.42 Å². The van der Waals surface area contributed by atoms with Crippen molar-refractivity contribution in [1.29, 1.82) is 0 Å². The van der Waals surface area contributed by atoms with E-state index in [2.05, 4.69) is 13.8 Å². The number of rotatable bonds is 5. The second-order valence-electron chi connectivity index (χ2n) is 9.82. The minimum Gasteiger partial charge on any atom is -0.392 e. The first-order valence-electron chi connectivity index (χ1n) is 11.5. The molecule has 3 rings (SSSR count). The van der Waals surface area contributed by atoms with E-state index in [1.165, 1.54) is 19.3 Å². The largest absolute Gasteiger partial charge is 0.392 e. The maximum Gasteiger partial charge on any atom is 0.154 e. The van der Waals surface area contributed by atoms with E-state index in [4.69, 9.17) is 5.73 Å². The van der Waals surface area contributed by atoms with Gasteiger partial charge in [-0.15, -0.1) is 0 Å². The Morgan fingerprint density at radius 3 is 2.41 bits per heavy atom. The Hall–Kier alpha value is -0.130. The average Bonchev–Trinajstić information content (AvgIpc) is 2.72. The van der Waals surface area contributed by atoms with Gasteiger partial charge in [-0.2, -0.15) is 0 Å². The second-order valence-corrected chi connectivity index (χ2v) is 12.0. The van der Waals surface area contributed by atoms with Crippen LogP contribution in [0.15, 0.2) is 0 Å². The summed E-state index contributed by atoms with van der Waals surface area (Å²) in [5, 5.41) is 11.5. The first-order chi connectivity index (χ1) is 12.8. The number of aliphatic hydroxyl groups excluding tert-OH is 1. The Balaban J connectivity index is 2.05. The molecular weight excluding hydrogens is 358 g/mol. The van der Waals surface area contributed by atoms with Crippen molar-refractivity contribution in [2.75, 3.05) is 5.75 Å². The number of unbranched alkanes of at least 4 members (excludes halogenated alkanes) is 1. The van der Waals surface area contributed by atoms with Gasteiger partial charge in [0, 0.05) is 11.5 Å². The Morgan fingerprint density at radius 1 is 1.07 bits per heavy atom. The molecule has 3 aliphatic rings.